The highest BCUT2D eigenvalue weighted by molar-refractivity contribution is 9.09. The second-order valence-electron chi connectivity index (χ2n) is 5.30. The zero-order valence-corrected chi connectivity index (χ0v) is 13.3. The normalized spacial score (nSPS) is 18.6. The quantitative estimate of drug-likeness (QED) is 0.803. The number of hydrogen-bond acceptors (Lipinski definition) is 3. The Morgan fingerprint density at radius 3 is 3.15 bits per heavy atom. The Labute approximate surface area is 127 Å². The molecule has 106 valence electrons. The lowest BCUT2D eigenvalue weighted by atomic mass is 10.1. The third-order valence-electron chi connectivity index (χ3n) is 3.58. The fraction of sp³-hybridized carbons (Fsp3) is 0.467. The zero-order valence-electron chi connectivity index (χ0n) is 11.7. The lowest BCUT2D eigenvalue weighted by Gasteiger charge is -2.09. The lowest BCUT2D eigenvalue weighted by molar-refractivity contribution is 0.202. The molecule has 0 bridgehead atoms. The van der Waals surface area contributed by atoms with Gasteiger partial charge in [-0.25, -0.2) is 4.68 Å². The standard InChI is InChI=1S/C15H18BrN3O/c1-3-13(16)14-9-19(18-17-14)8-12-7-11-6-10(2)4-5-15(11)20-12/h4-6,9,12-13H,3,7-8H2,1-2H3. The van der Waals surface area contributed by atoms with Crippen molar-refractivity contribution in [3.8, 4) is 5.75 Å². The number of benzene rings is 1. The number of aryl methyl sites for hydroxylation is 1. The topological polar surface area (TPSA) is 39.9 Å². The van der Waals surface area contributed by atoms with Crippen molar-refractivity contribution in [2.75, 3.05) is 0 Å². The van der Waals surface area contributed by atoms with Crippen molar-refractivity contribution in [3.63, 3.8) is 0 Å². The SMILES string of the molecule is CCC(Br)c1cn(CC2Cc3cc(C)ccc3O2)nn1. The van der Waals surface area contributed by atoms with Crippen LogP contribution in [0.15, 0.2) is 24.4 Å². The third kappa shape index (κ3) is 2.73. The number of nitrogens with zero attached hydrogens (tertiary/aromatic N) is 3. The van der Waals surface area contributed by atoms with E-state index in [9.17, 15) is 0 Å². The molecular formula is C15H18BrN3O. The van der Waals surface area contributed by atoms with E-state index in [4.69, 9.17) is 4.74 Å². The van der Waals surface area contributed by atoms with Crippen molar-refractivity contribution < 1.29 is 4.74 Å². The summed E-state index contributed by atoms with van der Waals surface area (Å²) < 4.78 is 7.84. The average molecular weight is 336 g/mol. The lowest BCUT2D eigenvalue weighted by Crippen LogP contribution is -2.21. The molecule has 0 spiro atoms. The molecule has 0 radical (unpaired) electrons. The van der Waals surface area contributed by atoms with Crippen molar-refractivity contribution >= 4 is 15.9 Å². The van der Waals surface area contributed by atoms with Gasteiger partial charge in [0.05, 0.1) is 17.1 Å². The molecular weight excluding hydrogens is 318 g/mol. The first-order valence-electron chi connectivity index (χ1n) is 6.96. The Balaban J connectivity index is 1.67. The maximum atomic E-state index is 5.96. The minimum atomic E-state index is 0.150. The number of fused-ring (bicyclic) bond motifs is 1. The summed E-state index contributed by atoms with van der Waals surface area (Å²) in [6.45, 7) is 4.97. The molecule has 1 aliphatic heterocycles. The van der Waals surface area contributed by atoms with Gasteiger partial charge in [0.25, 0.3) is 0 Å². The minimum Gasteiger partial charge on any atom is -0.488 e. The maximum absolute atomic E-state index is 5.96. The Hall–Kier alpha value is -1.36. The van der Waals surface area contributed by atoms with Crippen LogP contribution >= 0.6 is 15.9 Å². The van der Waals surface area contributed by atoms with Crippen LogP contribution in [0.25, 0.3) is 0 Å². The molecule has 1 aromatic carbocycles. The van der Waals surface area contributed by atoms with Gasteiger partial charge in [0.1, 0.15) is 11.9 Å². The van der Waals surface area contributed by atoms with Crippen LogP contribution in [0, 0.1) is 6.92 Å². The summed E-state index contributed by atoms with van der Waals surface area (Å²) >= 11 is 3.60. The Morgan fingerprint density at radius 2 is 2.35 bits per heavy atom. The monoisotopic (exact) mass is 335 g/mol. The zero-order chi connectivity index (χ0) is 14.1. The van der Waals surface area contributed by atoms with Crippen LogP contribution in [-0.4, -0.2) is 21.1 Å². The highest BCUT2D eigenvalue weighted by Crippen LogP contribution is 2.30. The number of aromatic nitrogens is 3. The van der Waals surface area contributed by atoms with E-state index in [0.717, 1.165) is 30.8 Å². The highest BCUT2D eigenvalue weighted by Gasteiger charge is 2.23. The number of halogens is 1. The molecule has 0 aliphatic carbocycles. The third-order valence-corrected chi connectivity index (χ3v) is 4.70. The summed E-state index contributed by atoms with van der Waals surface area (Å²) in [4.78, 5) is 0.278. The van der Waals surface area contributed by atoms with Gasteiger partial charge in [-0.15, -0.1) is 5.10 Å². The molecule has 2 unspecified atom stereocenters. The van der Waals surface area contributed by atoms with Gasteiger partial charge in [-0.05, 0) is 25.0 Å². The number of ether oxygens (including phenoxy) is 1. The molecule has 1 aromatic heterocycles. The van der Waals surface area contributed by atoms with Crippen LogP contribution < -0.4 is 4.74 Å². The Kier molecular flexibility index (Phi) is 3.78. The fourth-order valence-electron chi connectivity index (χ4n) is 2.51. The van der Waals surface area contributed by atoms with Gasteiger partial charge < -0.3 is 4.74 Å². The summed E-state index contributed by atoms with van der Waals surface area (Å²) in [6, 6.07) is 6.35. The highest BCUT2D eigenvalue weighted by atomic mass is 79.9. The summed E-state index contributed by atoms with van der Waals surface area (Å²) in [5.41, 5.74) is 3.56. The summed E-state index contributed by atoms with van der Waals surface area (Å²) in [5, 5.41) is 8.39. The molecule has 2 atom stereocenters. The van der Waals surface area contributed by atoms with E-state index in [2.05, 4.69) is 58.3 Å². The molecule has 0 N–H and O–H groups in total. The first kappa shape index (κ1) is 13.6. The molecule has 5 heteroatoms. The predicted molar refractivity (Wildman–Crippen MR) is 81.3 cm³/mol. The fourth-order valence-corrected chi connectivity index (χ4v) is 2.72. The van der Waals surface area contributed by atoms with Crippen LogP contribution in [0.2, 0.25) is 0 Å². The number of rotatable bonds is 4. The van der Waals surface area contributed by atoms with Gasteiger partial charge in [-0.3, -0.25) is 0 Å². The van der Waals surface area contributed by atoms with Crippen molar-refractivity contribution in [2.24, 2.45) is 0 Å². The largest absolute Gasteiger partial charge is 0.488 e. The number of hydrogen-bond donors (Lipinski definition) is 0. The summed E-state index contributed by atoms with van der Waals surface area (Å²) in [5.74, 6) is 1.01. The molecule has 0 saturated carbocycles. The number of alkyl halides is 1. The van der Waals surface area contributed by atoms with E-state index in [-0.39, 0.29) is 10.9 Å². The van der Waals surface area contributed by atoms with Crippen LogP contribution in [0.1, 0.15) is 35.0 Å². The van der Waals surface area contributed by atoms with E-state index in [1.807, 2.05) is 10.9 Å². The van der Waals surface area contributed by atoms with Crippen LogP contribution in [-0.2, 0) is 13.0 Å². The summed E-state index contributed by atoms with van der Waals surface area (Å²) in [6.07, 6.45) is 4.10. The predicted octanol–water partition coefficient (Wildman–Crippen LogP) is 3.44. The van der Waals surface area contributed by atoms with Gasteiger partial charge >= 0.3 is 0 Å². The van der Waals surface area contributed by atoms with Crippen LogP contribution in [0.4, 0.5) is 0 Å². The first-order valence-corrected chi connectivity index (χ1v) is 7.87. The van der Waals surface area contributed by atoms with Gasteiger partial charge in [0, 0.05) is 12.6 Å². The van der Waals surface area contributed by atoms with Crippen molar-refractivity contribution in [3.05, 3.63) is 41.2 Å². The molecule has 0 saturated heterocycles. The molecule has 2 heterocycles. The van der Waals surface area contributed by atoms with E-state index < -0.39 is 0 Å². The van der Waals surface area contributed by atoms with Crippen molar-refractivity contribution in [2.45, 2.75) is 44.2 Å². The Bertz CT molecular complexity index is 611. The van der Waals surface area contributed by atoms with Crippen LogP contribution in [0.5, 0.6) is 5.75 Å². The first-order chi connectivity index (χ1) is 9.65. The van der Waals surface area contributed by atoms with Gasteiger partial charge in [0.15, 0.2) is 0 Å². The molecule has 0 fully saturated rings. The smallest absolute Gasteiger partial charge is 0.123 e. The van der Waals surface area contributed by atoms with E-state index in [1.165, 1.54) is 11.1 Å². The van der Waals surface area contributed by atoms with E-state index in [0.29, 0.717) is 0 Å². The van der Waals surface area contributed by atoms with E-state index in [1.54, 1.807) is 0 Å². The van der Waals surface area contributed by atoms with Gasteiger partial charge in [-0.1, -0.05) is 45.8 Å². The molecule has 0 amide bonds. The maximum Gasteiger partial charge on any atom is 0.123 e. The molecule has 4 nitrogen and oxygen atoms in total. The molecule has 2 aromatic rings. The second-order valence-corrected chi connectivity index (χ2v) is 6.40. The minimum absolute atomic E-state index is 0.150. The Morgan fingerprint density at radius 1 is 1.50 bits per heavy atom. The average Bonchev–Trinajstić information content (AvgIpc) is 3.04. The van der Waals surface area contributed by atoms with E-state index >= 15 is 0 Å². The van der Waals surface area contributed by atoms with Crippen molar-refractivity contribution in [1.82, 2.24) is 15.0 Å². The van der Waals surface area contributed by atoms with Gasteiger partial charge in [-0.2, -0.15) is 0 Å². The molecule has 20 heavy (non-hydrogen) atoms. The van der Waals surface area contributed by atoms with Crippen molar-refractivity contribution in [1.29, 1.82) is 0 Å². The molecule has 1 aliphatic rings. The summed E-state index contributed by atoms with van der Waals surface area (Å²) in [7, 11) is 0. The van der Waals surface area contributed by atoms with Crippen LogP contribution in [0.3, 0.4) is 0 Å². The van der Waals surface area contributed by atoms with Gasteiger partial charge in [0.2, 0.25) is 0 Å². The molecule has 3 rings (SSSR count). The second kappa shape index (κ2) is 5.56.